The minimum Gasteiger partial charge on any atom is -0.456 e. The Morgan fingerprint density at radius 1 is 0.275 bits per heavy atom. The minimum absolute atomic E-state index is 0.403. The van der Waals surface area contributed by atoms with E-state index in [0.717, 1.165) is 71.7 Å². The van der Waals surface area contributed by atoms with Gasteiger partial charge in [0.25, 0.3) is 0 Å². The van der Waals surface area contributed by atoms with Gasteiger partial charge in [0.05, 0.1) is 5.41 Å². The van der Waals surface area contributed by atoms with Crippen molar-refractivity contribution in [1.82, 2.24) is 15.0 Å². The summed E-state index contributed by atoms with van der Waals surface area (Å²) in [5.41, 5.74) is 20.5. The lowest BCUT2D eigenvalue weighted by atomic mass is 9.70. The summed E-state index contributed by atoms with van der Waals surface area (Å²) >= 11 is 0. The number of fused-ring (bicyclic) bond motifs is 16. The fourth-order valence-corrected chi connectivity index (χ4v) is 11.7. The van der Waals surface area contributed by atoms with Crippen LogP contribution in [0.1, 0.15) is 22.3 Å². The van der Waals surface area contributed by atoms with Gasteiger partial charge in [0, 0.05) is 38.2 Å². The molecule has 1 spiro atoms. The first-order valence-electron chi connectivity index (χ1n) is 23.4. The van der Waals surface area contributed by atoms with Crippen molar-refractivity contribution in [3.63, 3.8) is 0 Å². The van der Waals surface area contributed by atoms with Crippen LogP contribution in [0.2, 0.25) is 0 Å². The van der Waals surface area contributed by atoms with Gasteiger partial charge in [0.2, 0.25) is 0 Å². The molecule has 0 fully saturated rings. The molecule has 15 rings (SSSR count). The molecule has 0 radical (unpaired) electrons. The van der Waals surface area contributed by atoms with Crippen molar-refractivity contribution >= 4 is 43.9 Å². The monoisotopic (exact) mass is 879 g/mol. The molecule has 3 aromatic heterocycles. The van der Waals surface area contributed by atoms with Crippen molar-refractivity contribution in [2.24, 2.45) is 0 Å². The van der Waals surface area contributed by atoms with Crippen molar-refractivity contribution < 1.29 is 8.83 Å². The average molecular weight is 880 g/mol. The third-order valence-electron chi connectivity index (χ3n) is 14.6. The maximum absolute atomic E-state index is 6.62. The van der Waals surface area contributed by atoms with Crippen LogP contribution in [0.4, 0.5) is 0 Å². The number of para-hydroxylation sites is 1. The zero-order valence-electron chi connectivity index (χ0n) is 37.0. The zero-order chi connectivity index (χ0) is 45.2. The van der Waals surface area contributed by atoms with E-state index in [1.54, 1.807) is 0 Å². The van der Waals surface area contributed by atoms with Gasteiger partial charge in [-0.2, -0.15) is 0 Å². The quantitative estimate of drug-likeness (QED) is 0.172. The van der Waals surface area contributed by atoms with Crippen LogP contribution in [0.15, 0.2) is 233 Å². The number of benzene rings is 10. The van der Waals surface area contributed by atoms with E-state index in [9.17, 15) is 0 Å². The predicted molar refractivity (Wildman–Crippen MR) is 278 cm³/mol. The topological polar surface area (TPSA) is 65.0 Å². The first-order chi connectivity index (χ1) is 34.2. The third-order valence-corrected chi connectivity index (χ3v) is 14.6. The Balaban J connectivity index is 0.892. The van der Waals surface area contributed by atoms with Crippen LogP contribution < -0.4 is 0 Å². The second kappa shape index (κ2) is 14.4. The fourth-order valence-electron chi connectivity index (χ4n) is 11.7. The van der Waals surface area contributed by atoms with Gasteiger partial charge in [0.1, 0.15) is 22.3 Å². The van der Waals surface area contributed by atoms with Gasteiger partial charge in [-0.25, -0.2) is 15.0 Å². The van der Waals surface area contributed by atoms with Crippen molar-refractivity contribution in [3.05, 3.63) is 247 Å². The Labute approximate surface area is 396 Å². The van der Waals surface area contributed by atoms with E-state index in [-0.39, 0.29) is 0 Å². The van der Waals surface area contributed by atoms with Crippen LogP contribution in [-0.2, 0) is 5.41 Å². The highest BCUT2D eigenvalue weighted by Gasteiger charge is 2.52. The largest absolute Gasteiger partial charge is 0.456 e. The van der Waals surface area contributed by atoms with E-state index in [0.29, 0.717) is 17.5 Å². The number of furan rings is 2. The molecule has 320 valence electrons. The van der Waals surface area contributed by atoms with Gasteiger partial charge in [-0.3, -0.25) is 0 Å². The molecule has 0 saturated carbocycles. The molecule has 0 N–H and O–H groups in total. The third kappa shape index (κ3) is 5.38. The van der Waals surface area contributed by atoms with Crippen molar-refractivity contribution in [1.29, 1.82) is 0 Å². The van der Waals surface area contributed by atoms with Crippen LogP contribution >= 0.6 is 0 Å². The summed E-state index contributed by atoms with van der Waals surface area (Å²) in [5.74, 6) is 1.72. The fraction of sp³-hybridized carbons (Fsp3) is 0.0156. The highest BCUT2D eigenvalue weighted by Crippen LogP contribution is 2.64. The Morgan fingerprint density at radius 2 is 0.739 bits per heavy atom. The molecule has 13 aromatic rings. The molecule has 5 heteroatoms. The molecule has 2 aliphatic carbocycles. The lowest BCUT2D eigenvalue weighted by Crippen LogP contribution is -2.25. The first kappa shape index (κ1) is 38.0. The van der Waals surface area contributed by atoms with Gasteiger partial charge >= 0.3 is 0 Å². The molecule has 0 aliphatic heterocycles. The number of rotatable bonds is 5. The van der Waals surface area contributed by atoms with Crippen LogP contribution in [0.3, 0.4) is 0 Å². The Hall–Kier alpha value is -9.19. The van der Waals surface area contributed by atoms with Crippen molar-refractivity contribution in [3.8, 4) is 78.7 Å². The van der Waals surface area contributed by atoms with E-state index in [4.69, 9.17) is 23.8 Å². The molecule has 69 heavy (non-hydrogen) atoms. The number of nitrogens with zero attached hydrogens (tertiary/aromatic N) is 3. The van der Waals surface area contributed by atoms with E-state index in [1.807, 2.05) is 72.8 Å². The molecule has 0 bridgehead atoms. The Morgan fingerprint density at radius 3 is 1.46 bits per heavy atom. The first-order valence-corrected chi connectivity index (χ1v) is 23.4. The molecule has 0 saturated heterocycles. The highest BCUT2D eigenvalue weighted by molar-refractivity contribution is 6.14. The van der Waals surface area contributed by atoms with Gasteiger partial charge < -0.3 is 8.83 Å². The molecule has 0 amide bonds. The van der Waals surface area contributed by atoms with Crippen molar-refractivity contribution in [2.45, 2.75) is 5.41 Å². The van der Waals surface area contributed by atoms with Crippen LogP contribution in [0.25, 0.3) is 123 Å². The molecular formula is C64H37N3O2. The van der Waals surface area contributed by atoms with Crippen molar-refractivity contribution in [2.75, 3.05) is 0 Å². The highest BCUT2D eigenvalue weighted by atomic mass is 16.3. The summed E-state index contributed by atoms with van der Waals surface area (Å²) in [4.78, 5) is 15.6. The molecule has 3 heterocycles. The Bertz CT molecular complexity index is 4230. The molecule has 10 aromatic carbocycles. The summed E-state index contributed by atoms with van der Waals surface area (Å²) in [6.45, 7) is 0. The summed E-state index contributed by atoms with van der Waals surface area (Å²) in [7, 11) is 0. The number of hydrogen-bond donors (Lipinski definition) is 0. The summed E-state index contributed by atoms with van der Waals surface area (Å²) in [6, 6.07) is 79.8. The predicted octanol–water partition coefficient (Wildman–Crippen LogP) is 16.3. The normalized spacial score (nSPS) is 13.0. The maximum Gasteiger partial charge on any atom is 0.164 e. The SMILES string of the molecule is c1ccc(-c2nc(-c3cccc4oc5ccccc5c34)nc(-c3cccc4oc5ccc(-c6cccc(-c7cccc8c7-c7ccccc7C87c8ccccc8-c8ccccc87)c6)cc5c34)n2)cc1. The lowest BCUT2D eigenvalue weighted by molar-refractivity contribution is 0.668. The number of aromatic nitrogens is 3. The average Bonchev–Trinajstić information content (AvgIpc) is 4.16. The lowest BCUT2D eigenvalue weighted by Gasteiger charge is -2.30. The standard InChI is InChI=1S/C64H37N3O2/c1-2-16-38(17-3-1)61-65-62(47-25-14-32-56-59(47)46-23-7-11-31-54(46)68-56)67-63(66-61)48-26-15-33-57-60(48)49-37-40(34-35-55(49)69-57)39-18-12-19-41(36-39)42-24-13-30-53-58(42)45-22-6-10-29-52(45)64(53)50-27-8-4-20-43(50)44-21-5-9-28-51(44)64/h1-37H. The summed E-state index contributed by atoms with van der Waals surface area (Å²) < 4.78 is 12.9. The molecule has 0 unspecified atom stereocenters. The molecule has 5 nitrogen and oxygen atoms in total. The number of hydrogen-bond acceptors (Lipinski definition) is 5. The Kier molecular flexibility index (Phi) is 7.93. The summed E-state index contributed by atoms with van der Waals surface area (Å²) in [6.07, 6.45) is 0. The second-order valence-corrected chi connectivity index (χ2v) is 18.1. The van der Waals surface area contributed by atoms with Gasteiger partial charge in [-0.1, -0.05) is 188 Å². The second-order valence-electron chi connectivity index (χ2n) is 18.1. The molecule has 0 atom stereocenters. The zero-order valence-corrected chi connectivity index (χ0v) is 37.0. The molecular weight excluding hydrogens is 843 g/mol. The van der Waals surface area contributed by atoms with Crippen LogP contribution in [0.5, 0.6) is 0 Å². The van der Waals surface area contributed by atoms with Gasteiger partial charge in [-0.05, 0) is 103 Å². The van der Waals surface area contributed by atoms with Crippen LogP contribution in [-0.4, -0.2) is 15.0 Å². The smallest absolute Gasteiger partial charge is 0.164 e. The van der Waals surface area contributed by atoms with E-state index >= 15 is 0 Å². The minimum atomic E-state index is -0.403. The molecule has 2 aliphatic rings. The van der Waals surface area contributed by atoms with E-state index in [2.05, 4.69) is 152 Å². The van der Waals surface area contributed by atoms with Crippen LogP contribution in [0, 0.1) is 0 Å². The van der Waals surface area contributed by atoms with E-state index in [1.165, 1.54) is 55.6 Å². The van der Waals surface area contributed by atoms with Gasteiger partial charge in [-0.15, -0.1) is 0 Å². The van der Waals surface area contributed by atoms with E-state index < -0.39 is 5.41 Å². The summed E-state index contributed by atoms with van der Waals surface area (Å²) in [5, 5.41) is 3.93. The van der Waals surface area contributed by atoms with Gasteiger partial charge in [0.15, 0.2) is 17.5 Å². The maximum atomic E-state index is 6.62.